The fraction of sp³-hybridized carbons (Fsp3) is 0.182. The Morgan fingerprint density at radius 1 is 0.655 bits per heavy atom. The van der Waals surface area contributed by atoms with Crippen molar-refractivity contribution in [2.24, 2.45) is 0 Å². The fourth-order valence-corrected chi connectivity index (χ4v) is 3.53. The highest BCUT2D eigenvalue weighted by Gasteiger charge is 2.18. The number of ether oxygens (including phenoxy) is 2. The lowest BCUT2D eigenvalue weighted by molar-refractivity contribution is -0.130. The summed E-state index contributed by atoms with van der Waals surface area (Å²) in [6.45, 7) is 7.07. The molecule has 0 aliphatic heterocycles. The molecular weight excluding hydrogens is 392 g/mol. The maximum atomic E-state index is 12.8. The average Bonchev–Trinajstić information content (AvgIpc) is 2.61. The predicted octanol–water partition coefficient (Wildman–Crippen LogP) is 4.26. The molecule has 29 heavy (non-hydrogen) atoms. The zero-order valence-electron chi connectivity index (χ0n) is 16.6. The van der Waals surface area contributed by atoms with E-state index in [0.29, 0.717) is 0 Å². The molecule has 0 bridgehead atoms. The van der Waals surface area contributed by atoms with Crippen LogP contribution in [0.15, 0.2) is 81.6 Å². The largest absolute Gasteiger partial charge is 0.423 e. The number of hydrogen-bond acceptors (Lipinski definition) is 6. The van der Waals surface area contributed by atoms with Gasteiger partial charge in [-0.1, -0.05) is 11.1 Å². The molecule has 7 heteroatoms. The molecule has 2 aromatic rings. The van der Waals surface area contributed by atoms with Crippen molar-refractivity contribution in [2.75, 3.05) is 0 Å². The van der Waals surface area contributed by atoms with Gasteiger partial charge in [0.2, 0.25) is 9.84 Å². The van der Waals surface area contributed by atoms with Gasteiger partial charge in [0, 0.05) is 12.2 Å². The number of rotatable bonds is 6. The summed E-state index contributed by atoms with van der Waals surface area (Å²) in [4.78, 5) is 23.4. The van der Waals surface area contributed by atoms with Gasteiger partial charge in [-0.15, -0.1) is 0 Å². The summed E-state index contributed by atoms with van der Waals surface area (Å²) in [6, 6.07) is 11.1. The number of sulfone groups is 1. The number of hydrogen-bond donors (Lipinski definition) is 0. The van der Waals surface area contributed by atoms with E-state index in [0.717, 1.165) is 11.1 Å². The van der Waals surface area contributed by atoms with Gasteiger partial charge < -0.3 is 9.47 Å². The van der Waals surface area contributed by atoms with Gasteiger partial charge in [-0.2, -0.15) is 0 Å². The van der Waals surface area contributed by atoms with Crippen LogP contribution in [0, 0.1) is 0 Å². The second kappa shape index (κ2) is 9.34. The Balaban J connectivity index is 2.16. The van der Waals surface area contributed by atoms with Crippen LogP contribution in [0.1, 0.15) is 27.7 Å². The Bertz CT molecular complexity index is 970. The topological polar surface area (TPSA) is 86.7 Å². The molecule has 0 heterocycles. The lowest BCUT2D eigenvalue weighted by Crippen LogP contribution is -2.06. The first-order valence-corrected chi connectivity index (χ1v) is 10.2. The summed E-state index contributed by atoms with van der Waals surface area (Å²) in [5.41, 5.74) is 1.59. The monoisotopic (exact) mass is 414 g/mol. The summed E-state index contributed by atoms with van der Waals surface area (Å²) in [6.07, 6.45) is 2.69. The van der Waals surface area contributed by atoms with Gasteiger partial charge in [0.25, 0.3) is 0 Å². The lowest BCUT2D eigenvalue weighted by atomic mass is 10.3. The number of carbonyl (C=O) groups excluding carboxylic acids is 2. The van der Waals surface area contributed by atoms with Crippen LogP contribution < -0.4 is 9.47 Å². The van der Waals surface area contributed by atoms with Gasteiger partial charge in [-0.05, 0) is 76.2 Å². The van der Waals surface area contributed by atoms with E-state index in [-0.39, 0.29) is 21.3 Å². The maximum absolute atomic E-state index is 12.8. The number of esters is 2. The molecule has 2 aromatic carbocycles. The number of carbonyl (C=O) groups is 2. The maximum Gasteiger partial charge on any atom is 0.336 e. The molecule has 6 nitrogen and oxygen atoms in total. The predicted molar refractivity (Wildman–Crippen MR) is 108 cm³/mol. The van der Waals surface area contributed by atoms with Crippen LogP contribution in [0.4, 0.5) is 0 Å². The van der Waals surface area contributed by atoms with Crippen LogP contribution in [0.3, 0.4) is 0 Å². The first-order valence-electron chi connectivity index (χ1n) is 8.76. The molecule has 0 radical (unpaired) electrons. The van der Waals surface area contributed by atoms with Crippen molar-refractivity contribution in [1.82, 2.24) is 0 Å². The SMILES string of the molecule is CC(C)=CC(=O)Oc1ccc(S(=O)(=O)c2ccc(OC(=O)C=C(C)C)cc2)cc1. The molecule has 0 spiro atoms. The Morgan fingerprint density at radius 3 is 1.24 bits per heavy atom. The fourth-order valence-electron chi connectivity index (χ4n) is 2.27. The Morgan fingerprint density at radius 2 is 0.966 bits per heavy atom. The van der Waals surface area contributed by atoms with Crippen molar-refractivity contribution in [3.63, 3.8) is 0 Å². The Kier molecular flexibility index (Phi) is 7.12. The number of benzene rings is 2. The van der Waals surface area contributed by atoms with Crippen LogP contribution >= 0.6 is 0 Å². The quantitative estimate of drug-likeness (QED) is 0.399. The summed E-state index contributed by atoms with van der Waals surface area (Å²) < 4.78 is 35.7. The second-order valence-electron chi connectivity index (χ2n) is 6.73. The van der Waals surface area contributed by atoms with Gasteiger partial charge in [-0.25, -0.2) is 18.0 Å². The van der Waals surface area contributed by atoms with Crippen LogP contribution in [0.5, 0.6) is 11.5 Å². The molecule has 0 amide bonds. The molecule has 2 rings (SSSR count). The summed E-state index contributed by atoms with van der Waals surface area (Å²) in [5, 5.41) is 0. The molecule has 0 N–H and O–H groups in total. The molecule has 0 atom stereocenters. The minimum atomic E-state index is -3.77. The van der Waals surface area contributed by atoms with Crippen molar-refractivity contribution in [2.45, 2.75) is 37.5 Å². The summed E-state index contributed by atoms with van der Waals surface area (Å²) in [5.74, 6) is -0.571. The first kappa shape index (κ1) is 22.1. The van der Waals surface area contributed by atoms with E-state index < -0.39 is 21.8 Å². The third kappa shape index (κ3) is 6.43. The smallest absolute Gasteiger partial charge is 0.336 e. The number of allylic oxidation sites excluding steroid dienone is 2. The van der Waals surface area contributed by atoms with E-state index in [1.807, 2.05) is 0 Å². The summed E-state index contributed by atoms with van der Waals surface area (Å²) >= 11 is 0. The molecule has 0 aliphatic rings. The minimum absolute atomic E-state index is 0.0498. The highest BCUT2D eigenvalue weighted by atomic mass is 32.2. The van der Waals surface area contributed by atoms with Crippen molar-refractivity contribution < 1.29 is 27.5 Å². The summed E-state index contributed by atoms with van der Waals surface area (Å²) in [7, 11) is -3.77. The highest BCUT2D eigenvalue weighted by Crippen LogP contribution is 2.25. The van der Waals surface area contributed by atoms with Crippen LogP contribution in [-0.2, 0) is 19.4 Å². The lowest BCUT2D eigenvalue weighted by Gasteiger charge is -2.07. The second-order valence-corrected chi connectivity index (χ2v) is 8.68. The van der Waals surface area contributed by atoms with E-state index >= 15 is 0 Å². The van der Waals surface area contributed by atoms with E-state index in [1.165, 1.54) is 60.7 Å². The van der Waals surface area contributed by atoms with E-state index in [4.69, 9.17) is 9.47 Å². The molecule has 0 aromatic heterocycles. The van der Waals surface area contributed by atoms with Crippen LogP contribution in [0.25, 0.3) is 0 Å². The van der Waals surface area contributed by atoms with Gasteiger partial charge in [-0.3, -0.25) is 0 Å². The van der Waals surface area contributed by atoms with Crippen molar-refractivity contribution in [3.05, 3.63) is 71.8 Å². The van der Waals surface area contributed by atoms with E-state index in [1.54, 1.807) is 27.7 Å². The van der Waals surface area contributed by atoms with Crippen LogP contribution in [-0.4, -0.2) is 20.4 Å². The molecular formula is C22H22O6S. The molecule has 0 saturated heterocycles. The molecule has 0 fully saturated rings. The van der Waals surface area contributed by atoms with E-state index in [9.17, 15) is 18.0 Å². The Hall–Kier alpha value is -3.19. The third-order valence-corrected chi connectivity index (χ3v) is 5.30. The highest BCUT2D eigenvalue weighted by molar-refractivity contribution is 7.91. The van der Waals surface area contributed by atoms with E-state index in [2.05, 4.69) is 0 Å². The van der Waals surface area contributed by atoms with Gasteiger partial charge >= 0.3 is 11.9 Å². The van der Waals surface area contributed by atoms with Crippen molar-refractivity contribution in [1.29, 1.82) is 0 Å². The van der Waals surface area contributed by atoms with Gasteiger partial charge in [0.1, 0.15) is 11.5 Å². The molecule has 0 saturated carbocycles. The zero-order valence-corrected chi connectivity index (χ0v) is 17.4. The average molecular weight is 414 g/mol. The van der Waals surface area contributed by atoms with Gasteiger partial charge in [0.05, 0.1) is 9.79 Å². The normalized spacial score (nSPS) is 10.6. The zero-order chi connectivity index (χ0) is 21.6. The third-order valence-electron chi connectivity index (χ3n) is 3.52. The van der Waals surface area contributed by atoms with Crippen LogP contribution in [0.2, 0.25) is 0 Å². The molecule has 152 valence electrons. The Labute approximate surface area is 170 Å². The molecule has 0 aliphatic carbocycles. The van der Waals surface area contributed by atoms with Crippen molar-refractivity contribution >= 4 is 21.8 Å². The molecule has 0 unspecified atom stereocenters. The van der Waals surface area contributed by atoms with Gasteiger partial charge in [0.15, 0.2) is 0 Å². The minimum Gasteiger partial charge on any atom is -0.423 e. The van der Waals surface area contributed by atoms with Crippen molar-refractivity contribution in [3.8, 4) is 11.5 Å². The standard InChI is InChI=1S/C22H22O6S/c1-15(2)13-21(23)27-17-5-9-19(10-6-17)29(25,26)20-11-7-18(8-12-20)28-22(24)14-16(3)4/h5-14H,1-4H3. The first-order chi connectivity index (χ1) is 13.6.